The fourth-order valence-electron chi connectivity index (χ4n) is 1.75. The molecule has 0 heterocycles. The summed E-state index contributed by atoms with van der Waals surface area (Å²) >= 11 is 4.67. The minimum absolute atomic E-state index is 0.160. The zero-order valence-corrected chi connectivity index (χ0v) is 12.8. The zero-order valence-electron chi connectivity index (χ0n) is 12.0. The summed E-state index contributed by atoms with van der Waals surface area (Å²) in [6, 6.07) is 8.04. The first-order valence-electron chi connectivity index (χ1n) is 6.97. The Bertz CT molecular complexity index is 435. The van der Waals surface area contributed by atoms with Gasteiger partial charge in [-0.3, -0.25) is 5.43 Å². The summed E-state index contributed by atoms with van der Waals surface area (Å²) in [5, 5.41) is 4.09. The highest BCUT2D eigenvalue weighted by Gasteiger charge is 1.95. The summed E-state index contributed by atoms with van der Waals surface area (Å²) in [4.78, 5) is 0. The molecule has 1 aromatic rings. The van der Waals surface area contributed by atoms with Crippen molar-refractivity contribution in [2.45, 2.75) is 39.2 Å². The summed E-state index contributed by atoms with van der Waals surface area (Å²) < 4.78 is 5.66. The Balaban J connectivity index is 2.32. The molecule has 0 radical (unpaired) electrons. The Labute approximate surface area is 126 Å². The minimum atomic E-state index is 0.160. The van der Waals surface area contributed by atoms with E-state index in [0.717, 1.165) is 24.2 Å². The number of nitrogens with two attached hydrogens (primary N) is 1. The van der Waals surface area contributed by atoms with Crippen LogP contribution in [0.15, 0.2) is 29.4 Å². The molecule has 1 rings (SSSR count). The Hall–Kier alpha value is -1.46. The van der Waals surface area contributed by atoms with E-state index in [9.17, 15) is 0 Å². The molecule has 0 aliphatic rings. The molecular weight excluding hydrogens is 270 g/mol. The molecule has 110 valence electrons. The largest absolute Gasteiger partial charge is 0.377 e. The third-order valence-electron chi connectivity index (χ3n) is 2.75. The number of hydrazone groups is 1. The van der Waals surface area contributed by atoms with Crippen molar-refractivity contribution in [3.8, 4) is 0 Å². The molecule has 1 aromatic carbocycles. The Kier molecular flexibility index (Phi) is 8.58. The second-order valence-electron chi connectivity index (χ2n) is 4.59. The van der Waals surface area contributed by atoms with Crippen molar-refractivity contribution in [1.29, 1.82) is 0 Å². The van der Waals surface area contributed by atoms with Crippen LogP contribution in [0, 0.1) is 0 Å². The first kappa shape index (κ1) is 16.6. The molecule has 0 aromatic heterocycles. The van der Waals surface area contributed by atoms with E-state index in [0.29, 0.717) is 6.61 Å². The second-order valence-corrected chi connectivity index (χ2v) is 5.03. The monoisotopic (exact) mass is 293 g/mol. The highest BCUT2D eigenvalue weighted by Crippen LogP contribution is 2.06. The lowest BCUT2D eigenvalue weighted by Crippen LogP contribution is -2.23. The van der Waals surface area contributed by atoms with Crippen molar-refractivity contribution in [3.63, 3.8) is 0 Å². The molecule has 0 spiro atoms. The van der Waals surface area contributed by atoms with Crippen LogP contribution in [0.1, 0.15) is 43.7 Å². The molecule has 0 fully saturated rings. The van der Waals surface area contributed by atoms with Crippen LogP contribution in [0.3, 0.4) is 0 Å². The zero-order chi connectivity index (χ0) is 14.6. The minimum Gasteiger partial charge on any atom is -0.377 e. The standard InChI is InChI=1S/C15H23N3OS/c1-2-3-4-5-9-19-12-14-8-6-7-13(10-14)11-17-18-15(16)20/h6-8,10-11H,2-5,9,12H2,1H3,(H3,16,18,20). The molecular formula is C15H23N3OS. The van der Waals surface area contributed by atoms with Gasteiger partial charge in [0.25, 0.3) is 0 Å². The lowest BCUT2D eigenvalue weighted by molar-refractivity contribution is 0.117. The van der Waals surface area contributed by atoms with Gasteiger partial charge in [-0.05, 0) is 35.8 Å². The van der Waals surface area contributed by atoms with Crippen LogP contribution >= 0.6 is 12.2 Å². The number of benzene rings is 1. The summed E-state index contributed by atoms with van der Waals surface area (Å²) in [5.74, 6) is 0. The summed E-state index contributed by atoms with van der Waals surface area (Å²) in [6.07, 6.45) is 6.59. The van der Waals surface area contributed by atoms with Crippen molar-refractivity contribution in [3.05, 3.63) is 35.4 Å². The van der Waals surface area contributed by atoms with E-state index in [1.807, 2.05) is 24.3 Å². The van der Waals surface area contributed by atoms with Crippen molar-refractivity contribution >= 4 is 23.5 Å². The average Bonchev–Trinajstić information content (AvgIpc) is 2.43. The number of nitrogens with one attached hydrogen (secondary N) is 1. The van der Waals surface area contributed by atoms with Crippen LogP contribution in [0.2, 0.25) is 0 Å². The van der Waals surface area contributed by atoms with Crippen LogP contribution in [-0.4, -0.2) is 17.9 Å². The van der Waals surface area contributed by atoms with Gasteiger partial charge in [0.2, 0.25) is 0 Å². The summed E-state index contributed by atoms with van der Waals surface area (Å²) in [7, 11) is 0. The topological polar surface area (TPSA) is 59.6 Å². The number of hydrogen-bond acceptors (Lipinski definition) is 3. The first-order chi connectivity index (χ1) is 9.72. The van der Waals surface area contributed by atoms with Gasteiger partial charge in [-0.2, -0.15) is 5.10 Å². The fraction of sp³-hybridized carbons (Fsp3) is 0.467. The van der Waals surface area contributed by atoms with E-state index in [1.54, 1.807) is 6.21 Å². The maximum absolute atomic E-state index is 5.66. The molecule has 0 aliphatic heterocycles. The lowest BCUT2D eigenvalue weighted by Gasteiger charge is -2.05. The Morgan fingerprint density at radius 3 is 3.00 bits per heavy atom. The maximum Gasteiger partial charge on any atom is 0.184 e. The summed E-state index contributed by atoms with van der Waals surface area (Å²) in [6.45, 7) is 3.66. The number of hydrogen-bond donors (Lipinski definition) is 2. The number of nitrogens with zero attached hydrogens (tertiary/aromatic N) is 1. The van der Waals surface area contributed by atoms with Gasteiger partial charge in [0.05, 0.1) is 12.8 Å². The van der Waals surface area contributed by atoms with Gasteiger partial charge in [0, 0.05) is 6.61 Å². The van der Waals surface area contributed by atoms with Gasteiger partial charge in [0.15, 0.2) is 5.11 Å². The van der Waals surface area contributed by atoms with Crippen molar-refractivity contribution in [1.82, 2.24) is 5.43 Å². The molecule has 0 bridgehead atoms. The molecule has 4 nitrogen and oxygen atoms in total. The van der Waals surface area contributed by atoms with Crippen LogP contribution in [0.4, 0.5) is 0 Å². The molecule has 0 amide bonds. The molecule has 0 unspecified atom stereocenters. The van der Waals surface area contributed by atoms with Crippen LogP contribution in [0.25, 0.3) is 0 Å². The molecule has 5 heteroatoms. The summed E-state index contributed by atoms with van der Waals surface area (Å²) in [5.41, 5.74) is 9.95. The molecule has 0 saturated carbocycles. The molecule has 3 N–H and O–H groups in total. The van der Waals surface area contributed by atoms with Crippen LogP contribution in [0.5, 0.6) is 0 Å². The van der Waals surface area contributed by atoms with Crippen LogP contribution < -0.4 is 11.2 Å². The number of rotatable bonds is 9. The lowest BCUT2D eigenvalue weighted by atomic mass is 10.1. The van der Waals surface area contributed by atoms with Gasteiger partial charge >= 0.3 is 0 Å². The molecule has 0 saturated heterocycles. The third kappa shape index (κ3) is 7.86. The van der Waals surface area contributed by atoms with Crippen molar-refractivity contribution < 1.29 is 4.74 Å². The smallest absolute Gasteiger partial charge is 0.184 e. The van der Waals surface area contributed by atoms with Gasteiger partial charge in [0.1, 0.15) is 0 Å². The van der Waals surface area contributed by atoms with Gasteiger partial charge in [-0.15, -0.1) is 0 Å². The van der Waals surface area contributed by atoms with E-state index >= 15 is 0 Å². The van der Waals surface area contributed by atoms with E-state index in [1.165, 1.54) is 19.3 Å². The fourth-order valence-corrected chi connectivity index (χ4v) is 1.81. The Morgan fingerprint density at radius 2 is 2.25 bits per heavy atom. The number of thiocarbonyl (C=S) groups is 1. The van der Waals surface area contributed by atoms with Crippen molar-refractivity contribution in [2.24, 2.45) is 10.8 Å². The highest BCUT2D eigenvalue weighted by molar-refractivity contribution is 7.80. The van der Waals surface area contributed by atoms with E-state index < -0.39 is 0 Å². The highest BCUT2D eigenvalue weighted by atomic mass is 32.1. The SMILES string of the molecule is CCCCCCOCc1cccc(C=NNC(N)=S)c1. The molecule has 0 aliphatic carbocycles. The third-order valence-corrected chi connectivity index (χ3v) is 2.84. The maximum atomic E-state index is 5.66. The van der Waals surface area contributed by atoms with E-state index in [-0.39, 0.29) is 5.11 Å². The quantitative estimate of drug-likeness (QED) is 0.318. The normalized spacial score (nSPS) is 10.8. The molecule has 20 heavy (non-hydrogen) atoms. The van der Waals surface area contributed by atoms with Gasteiger partial charge in [-0.1, -0.05) is 44.4 Å². The predicted molar refractivity (Wildman–Crippen MR) is 87.8 cm³/mol. The number of unbranched alkanes of at least 4 members (excludes halogenated alkanes) is 3. The average molecular weight is 293 g/mol. The second kappa shape index (κ2) is 10.3. The van der Waals surface area contributed by atoms with Gasteiger partial charge < -0.3 is 10.5 Å². The number of ether oxygens (including phenoxy) is 1. The van der Waals surface area contributed by atoms with E-state index in [4.69, 9.17) is 10.5 Å². The van der Waals surface area contributed by atoms with E-state index in [2.05, 4.69) is 29.7 Å². The van der Waals surface area contributed by atoms with Crippen molar-refractivity contribution in [2.75, 3.05) is 6.61 Å². The predicted octanol–water partition coefficient (Wildman–Crippen LogP) is 2.95. The Morgan fingerprint density at radius 1 is 1.40 bits per heavy atom. The van der Waals surface area contributed by atoms with Crippen LogP contribution in [-0.2, 0) is 11.3 Å². The van der Waals surface area contributed by atoms with Gasteiger partial charge in [-0.25, -0.2) is 0 Å². The molecule has 0 atom stereocenters. The first-order valence-corrected chi connectivity index (χ1v) is 7.38.